The minimum absolute atomic E-state index is 0.0213. The summed E-state index contributed by atoms with van der Waals surface area (Å²) in [6.45, 7) is 1.27. The molecule has 0 saturated heterocycles. The molecule has 0 spiro atoms. The van der Waals surface area contributed by atoms with Gasteiger partial charge in [-0.25, -0.2) is 4.79 Å². The average Bonchev–Trinajstić information content (AvgIpc) is 2.77. The van der Waals surface area contributed by atoms with Crippen molar-refractivity contribution in [3.63, 3.8) is 0 Å². The number of H-pyrrole nitrogens is 1. The third kappa shape index (κ3) is 2.41. The molecule has 1 heterocycles. The number of aliphatic hydroxyl groups is 1. The van der Waals surface area contributed by atoms with Crippen LogP contribution in [-0.4, -0.2) is 32.0 Å². The molecule has 18 heavy (non-hydrogen) atoms. The van der Waals surface area contributed by atoms with Gasteiger partial charge in [0.1, 0.15) is 0 Å². The molecule has 0 amide bonds. The summed E-state index contributed by atoms with van der Waals surface area (Å²) in [5.41, 5.74) is 0.531. The second-order valence-corrected chi connectivity index (χ2v) is 4.38. The summed E-state index contributed by atoms with van der Waals surface area (Å²) in [6.07, 6.45) is 1.61. The molecule has 1 aromatic heterocycles. The van der Waals surface area contributed by atoms with Crippen LogP contribution in [0.1, 0.15) is 12.6 Å². The lowest BCUT2D eigenvalue weighted by atomic mass is 9.96. The number of rotatable bonds is 4. The average molecular weight is 246 g/mol. The molecule has 5 nitrogen and oxygen atoms in total. The Morgan fingerprint density at radius 3 is 2.67 bits per heavy atom. The Labute approximate surface area is 104 Å². The first-order valence-electron chi connectivity index (χ1n) is 5.54. The maximum atomic E-state index is 10.9. The van der Waals surface area contributed by atoms with Crippen molar-refractivity contribution in [2.75, 3.05) is 0 Å². The van der Waals surface area contributed by atoms with Crippen LogP contribution in [0.2, 0.25) is 0 Å². The number of aliphatic carboxylic acids is 1. The van der Waals surface area contributed by atoms with Gasteiger partial charge >= 0.3 is 5.97 Å². The second-order valence-electron chi connectivity index (χ2n) is 4.38. The van der Waals surface area contributed by atoms with Crippen LogP contribution in [-0.2, 0) is 11.2 Å². The van der Waals surface area contributed by atoms with Gasteiger partial charge in [-0.2, -0.15) is 5.10 Å². The van der Waals surface area contributed by atoms with Crippen LogP contribution >= 0.6 is 0 Å². The fraction of sp³-hybridized carbons (Fsp3) is 0.231. The first-order chi connectivity index (χ1) is 8.50. The summed E-state index contributed by atoms with van der Waals surface area (Å²) in [4.78, 5) is 10.9. The normalized spacial score (nSPS) is 14.1. The number of hydrogen-bond donors (Lipinski definition) is 3. The monoisotopic (exact) mass is 246 g/mol. The van der Waals surface area contributed by atoms with Crippen molar-refractivity contribution in [3.05, 3.63) is 42.2 Å². The number of carboxylic acid groups (broad SMARTS) is 1. The second kappa shape index (κ2) is 4.62. The van der Waals surface area contributed by atoms with Gasteiger partial charge in [0, 0.05) is 17.7 Å². The van der Waals surface area contributed by atoms with Crippen LogP contribution in [0.4, 0.5) is 0 Å². The molecule has 0 aliphatic heterocycles. The van der Waals surface area contributed by atoms with Gasteiger partial charge < -0.3 is 10.2 Å². The van der Waals surface area contributed by atoms with Gasteiger partial charge in [0.05, 0.1) is 6.20 Å². The third-order valence-corrected chi connectivity index (χ3v) is 2.78. The molecule has 0 aliphatic carbocycles. The quantitative estimate of drug-likeness (QED) is 0.762. The van der Waals surface area contributed by atoms with Gasteiger partial charge in [-0.1, -0.05) is 30.3 Å². The molecular weight excluding hydrogens is 232 g/mol. The molecule has 1 unspecified atom stereocenters. The van der Waals surface area contributed by atoms with Crippen LogP contribution < -0.4 is 0 Å². The molecule has 0 radical (unpaired) electrons. The summed E-state index contributed by atoms with van der Waals surface area (Å²) in [6, 6.07) is 9.49. The van der Waals surface area contributed by atoms with E-state index < -0.39 is 11.6 Å². The van der Waals surface area contributed by atoms with Crippen LogP contribution in [0.15, 0.2) is 36.5 Å². The van der Waals surface area contributed by atoms with Crippen molar-refractivity contribution >= 4 is 5.97 Å². The predicted molar refractivity (Wildman–Crippen MR) is 66.0 cm³/mol. The predicted octanol–water partition coefficient (Wildman–Crippen LogP) is 1.45. The number of aromatic amines is 1. The fourth-order valence-electron chi connectivity index (χ4n) is 1.73. The largest absolute Gasteiger partial charge is 0.479 e. The number of aromatic nitrogens is 2. The smallest absolute Gasteiger partial charge is 0.335 e. The molecule has 0 saturated carbocycles. The molecule has 94 valence electrons. The van der Waals surface area contributed by atoms with Crippen LogP contribution in [0.3, 0.4) is 0 Å². The van der Waals surface area contributed by atoms with E-state index in [9.17, 15) is 9.90 Å². The van der Waals surface area contributed by atoms with Crippen LogP contribution in [0.25, 0.3) is 11.1 Å². The zero-order valence-corrected chi connectivity index (χ0v) is 9.92. The van der Waals surface area contributed by atoms with Gasteiger partial charge in [0.2, 0.25) is 0 Å². The fourth-order valence-corrected chi connectivity index (χ4v) is 1.73. The Hall–Kier alpha value is -2.14. The Morgan fingerprint density at radius 1 is 1.39 bits per heavy atom. The highest BCUT2D eigenvalue weighted by atomic mass is 16.4. The third-order valence-electron chi connectivity index (χ3n) is 2.78. The van der Waals surface area contributed by atoms with E-state index >= 15 is 0 Å². The number of carboxylic acids is 1. The van der Waals surface area contributed by atoms with Crippen LogP contribution in [0, 0.1) is 0 Å². The van der Waals surface area contributed by atoms with Crippen molar-refractivity contribution in [3.8, 4) is 11.1 Å². The maximum absolute atomic E-state index is 10.9. The lowest BCUT2D eigenvalue weighted by molar-refractivity contribution is -0.156. The van der Waals surface area contributed by atoms with Crippen molar-refractivity contribution in [1.82, 2.24) is 10.2 Å². The Balaban J connectivity index is 2.32. The number of hydrogen-bond acceptors (Lipinski definition) is 3. The van der Waals surface area contributed by atoms with Gasteiger partial charge in [-0.15, -0.1) is 0 Å². The summed E-state index contributed by atoms with van der Waals surface area (Å²) in [5.74, 6) is -1.25. The number of nitrogens with zero attached hydrogens (tertiary/aromatic N) is 1. The minimum atomic E-state index is -1.81. The Bertz CT molecular complexity index is 546. The Morgan fingerprint density at radius 2 is 2.06 bits per heavy atom. The van der Waals surface area contributed by atoms with Crippen molar-refractivity contribution in [1.29, 1.82) is 0 Å². The summed E-state index contributed by atoms with van der Waals surface area (Å²) >= 11 is 0. The van der Waals surface area contributed by atoms with E-state index in [2.05, 4.69) is 10.2 Å². The zero-order valence-electron chi connectivity index (χ0n) is 9.92. The number of nitrogens with one attached hydrogen (secondary N) is 1. The first kappa shape index (κ1) is 12.3. The molecule has 3 N–H and O–H groups in total. The molecule has 0 bridgehead atoms. The SMILES string of the molecule is CC(O)(Cc1[nH]ncc1-c1ccccc1)C(=O)O. The zero-order chi connectivity index (χ0) is 13.2. The maximum Gasteiger partial charge on any atom is 0.335 e. The molecule has 2 rings (SSSR count). The highest BCUT2D eigenvalue weighted by Gasteiger charge is 2.31. The topological polar surface area (TPSA) is 86.2 Å². The van der Waals surface area contributed by atoms with E-state index in [1.54, 1.807) is 6.20 Å². The molecule has 5 heteroatoms. The van der Waals surface area contributed by atoms with Gasteiger partial charge in [0.25, 0.3) is 0 Å². The van der Waals surface area contributed by atoms with Crippen molar-refractivity contribution < 1.29 is 15.0 Å². The lowest BCUT2D eigenvalue weighted by Gasteiger charge is -2.17. The number of benzene rings is 1. The van der Waals surface area contributed by atoms with Gasteiger partial charge in [-0.05, 0) is 12.5 Å². The minimum Gasteiger partial charge on any atom is -0.479 e. The molecule has 2 aromatic rings. The van der Waals surface area contributed by atoms with Crippen molar-refractivity contribution in [2.45, 2.75) is 18.9 Å². The van der Waals surface area contributed by atoms with Gasteiger partial charge in [0.15, 0.2) is 5.60 Å². The molecule has 1 aromatic carbocycles. The van der Waals surface area contributed by atoms with E-state index in [0.717, 1.165) is 11.1 Å². The van der Waals surface area contributed by atoms with E-state index in [0.29, 0.717) is 5.69 Å². The van der Waals surface area contributed by atoms with Gasteiger partial charge in [-0.3, -0.25) is 5.10 Å². The lowest BCUT2D eigenvalue weighted by Crippen LogP contribution is -2.37. The molecule has 1 atom stereocenters. The van der Waals surface area contributed by atoms with Crippen molar-refractivity contribution in [2.24, 2.45) is 0 Å². The highest BCUT2D eigenvalue weighted by Crippen LogP contribution is 2.24. The van der Waals surface area contributed by atoms with E-state index in [4.69, 9.17) is 5.11 Å². The molecule has 0 aliphatic rings. The standard InChI is InChI=1S/C13H14N2O3/c1-13(18,12(16)17)7-11-10(8-14-15-11)9-5-3-2-4-6-9/h2-6,8,18H,7H2,1H3,(H,14,15)(H,16,17). The van der Waals surface area contributed by atoms with E-state index in [1.807, 2.05) is 30.3 Å². The first-order valence-corrected chi connectivity index (χ1v) is 5.54. The highest BCUT2D eigenvalue weighted by molar-refractivity contribution is 5.77. The Kier molecular flexibility index (Phi) is 3.16. The summed E-state index contributed by atoms with van der Waals surface area (Å²) in [5, 5.41) is 25.4. The van der Waals surface area contributed by atoms with E-state index in [-0.39, 0.29) is 6.42 Å². The van der Waals surface area contributed by atoms with Crippen LogP contribution in [0.5, 0.6) is 0 Å². The summed E-state index contributed by atoms with van der Waals surface area (Å²) in [7, 11) is 0. The molecular formula is C13H14N2O3. The van der Waals surface area contributed by atoms with E-state index in [1.165, 1.54) is 6.92 Å². The molecule has 0 fully saturated rings. The number of carbonyl (C=O) groups is 1. The summed E-state index contributed by atoms with van der Waals surface area (Å²) < 4.78 is 0.